The summed E-state index contributed by atoms with van der Waals surface area (Å²) in [6, 6.07) is 5.26. The molecule has 0 atom stereocenters. The Labute approximate surface area is 112 Å². The summed E-state index contributed by atoms with van der Waals surface area (Å²) < 4.78 is 21.6. The van der Waals surface area contributed by atoms with Gasteiger partial charge in [-0.1, -0.05) is 13.0 Å². The molecule has 0 saturated carbocycles. The molecule has 1 aliphatic rings. The summed E-state index contributed by atoms with van der Waals surface area (Å²) >= 11 is 0. The smallest absolute Gasteiger partial charge is 0.143 e. The minimum absolute atomic E-state index is 0.212. The molecule has 3 rings (SSSR count). The van der Waals surface area contributed by atoms with Gasteiger partial charge in [0.25, 0.3) is 0 Å². The molecule has 2 aromatic rings. The molecule has 1 aromatic carbocycles. The summed E-state index contributed by atoms with van der Waals surface area (Å²) in [6.45, 7) is 5.98. The highest BCUT2D eigenvalue weighted by Gasteiger charge is 2.21. The first-order chi connectivity index (χ1) is 9.20. The molecule has 19 heavy (non-hydrogen) atoms. The third kappa shape index (κ3) is 2.06. The number of hydrogen-bond donors (Lipinski definition) is 0. The zero-order valence-corrected chi connectivity index (χ0v) is 11.2. The molecule has 0 bridgehead atoms. The van der Waals surface area contributed by atoms with Gasteiger partial charge in [-0.25, -0.2) is 9.37 Å². The fourth-order valence-corrected chi connectivity index (χ4v) is 2.52. The van der Waals surface area contributed by atoms with E-state index < -0.39 is 0 Å². The van der Waals surface area contributed by atoms with Crippen LogP contribution in [0.5, 0.6) is 0 Å². The molecule has 0 radical (unpaired) electrons. The molecule has 0 saturated heterocycles. The van der Waals surface area contributed by atoms with E-state index in [9.17, 15) is 4.39 Å². The first kappa shape index (κ1) is 12.4. The Bertz CT molecular complexity index is 619. The van der Waals surface area contributed by atoms with Crippen LogP contribution in [0, 0.1) is 12.7 Å². The summed E-state index contributed by atoms with van der Waals surface area (Å²) in [6.07, 6.45) is 0.892. The van der Waals surface area contributed by atoms with Crippen molar-refractivity contribution >= 4 is 0 Å². The van der Waals surface area contributed by atoms with Crippen molar-refractivity contribution in [3.8, 4) is 11.4 Å². The Kier molecular flexibility index (Phi) is 3.11. The third-order valence-electron chi connectivity index (χ3n) is 3.65. The molecule has 4 heteroatoms. The van der Waals surface area contributed by atoms with Gasteiger partial charge < -0.3 is 9.30 Å². The van der Waals surface area contributed by atoms with Crippen molar-refractivity contribution in [2.75, 3.05) is 6.61 Å². The molecule has 0 amide bonds. The summed E-state index contributed by atoms with van der Waals surface area (Å²) in [5, 5.41) is 0. The zero-order valence-electron chi connectivity index (χ0n) is 11.2. The number of benzene rings is 1. The number of aromatic nitrogens is 2. The van der Waals surface area contributed by atoms with Crippen LogP contribution in [0.1, 0.15) is 23.9 Å². The zero-order chi connectivity index (χ0) is 13.4. The minimum Gasteiger partial charge on any atom is -0.373 e. The second-order valence-corrected chi connectivity index (χ2v) is 4.84. The van der Waals surface area contributed by atoms with Crippen LogP contribution in [-0.2, 0) is 24.3 Å². The first-order valence-corrected chi connectivity index (χ1v) is 6.63. The van der Waals surface area contributed by atoms with Gasteiger partial charge in [0, 0.05) is 6.54 Å². The lowest BCUT2D eigenvalue weighted by Crippen LogP contribution is -2.17. The third-order valence-corrected chi connectivity index (χ3v) is 3.65. The summed E-state index contributed by atoms with van der Waals surface area (Å²) in [4.78, 5) is 4.54. The van der Waals surface area contributed by atoms with E-state index in [0.717, 1.165) is 35.7 Å². The summed E-state index contributed by atoms with van der Waals surface area (Å²) in [7, 11) is 0. The molecule has 0 N–H and O–H groups in total. The number of fused-ring (bicyclic) bond motifs is 1. The molecular formula is C15H17FN2O. The summed E-state index contributed by atoms with van der Waals surface area (Å²) in [5.41, 5.74) is 3.70. The van der Waals surface area contributed by atoms with Crippen LogP contribution in [0.2, 0.25) is 0 Å². The Morgan fingerprint density at radius 3 is 3.05 bits per heavy atom. The highest BCUT2D eigenvalue weighted by Crippen LogP contribution is 2.28. The second kappa shape index (κ2) is 4.78. The maximum atomic E-state index is 14.1. The molecule has 0 fully saturated rings. The quantitative estimate of drug-likeness (QED) is 0.829. The van der Waals surface area contributed by atoms with Gasteiger partial charge in [-0.2, -0.15) is 0 Å². The maximum Gasteiger partial charge on any atom is 0.143 e. The Hall–Kier alpha value is -1.68. The number of rotatable bonds is 2. The lowest BCUT2D eigenvalue weighted by atomic mass is 10.1. The predicted molar refractivity (Wildman–Crippen MR) is 71.4 cm³/mol. The average molecular weight is 260 g/mol. The Balaban J connectivity index is 2.17. The minimum atomic E-state index is -0.212. The largest absolute Gasteiger partial charge is 0.373 e. The van der Waals surface area contributed by atoms with Crippen molar-refractivity contribution in [1.82, 2.24) is 9.55 Å². The van der Waals surface area contributed by atoms with Gasteiger partial charge in [0.2, 0.25) is 0 Å². The van der Waals surface area contributed by atoms with Crippen LogP contribution in [0.25, 0.3) is 11.4 Å². The van der Waals surface area contributed by atoms with Gasteiger partial charge in [-0.05, 0) is 31.0 Å². The number of nitrogens with zero attached hydrogens (tertiary/aromatic N) is 2. The van der Waals surface area contributed by atoms with Crippen LogP contribution in [0.4, 0.5) is 4.39 Å². The molecule has 0 aliphatic carbocycles. The number of aryl methyl sites for hydroxylation is 2. The first-order valence-electron chi connectivity index (χ1n) is 6.63. The van der Waals surface area contributed by atoms with E-state index in [1.54, 1.807) is 0 Å². The molecule has 1 aromatic heterocycles. The van der Waals surface area contributed by atoms with Gasteiger partial charge >= 0.3 is 0 Å². The Morgan fingerprint density at radius 2 is 2.26 bits per heavy atom. The topological polar surface area (TPSA) is 27.1 Å². The molecule has 3 nitrogen and oxygen atoms in total. The van der Waals surface area contributed by atoms with Crippen molar-refractivity contribution in [3.63, 3.8) is 0 Å². The number of halogens is 1. The van der Waals surface area contributed by atoms with E-state index in [1.807, 2.05) is 19.1 Å². The predicted octanol–water partition coefficient (Wildman–Crippen LogP) is 3.09. The van der Waals surface area contributed by atoms with Gasteiger partial charge in [0.1, 0.15) is 11.6 Å². The average Bonchev–Trinajstić information content (AvgIpc) is 2.77. The van der Waals surface area contributed by atoms with Crippen LogP contribution in [-0.4, -0.2) is 16.2 Å². The van der Waals surface area contributed by atoms with E-state index in [4.69, 9.17) is 4.74 Å². The fourth-order valence-electron chi connectivity index (χ4n) is 2.52. The fraction of sp³-hybridized carbons (Fsp3) is 0.400. The summed E-state index contributed by atoms with van der Waals surface area (Å²) in [5.74, 6) is 0.514. The van der Waals surface area contributed by atoms with Gasteiger partial charge in [-0.3, -0.25) is 0 Å². The van der Waals surface area contributed by atoms with Crippen LogP contribution < -0.4 is 0 Å². The van der Waals surface area contributed by atoms with Gasteiger partial charge in [0.15, 0.2) is 0 Å². The molecule has 2 heterocycles. The molecule has 100 valence electrons. The monoisotopic (exact) mass is 260 g/mol. The Morgan fingerprint density at radius 1 is 1.42 bits per heavy atom. The van der Waals surface area contributed by atoms with Crippen molar-refractivity contribution in [3.05, 3.63) is 41.0 Å². The lowest BCUT2D eigenvalue weighted by Gasteiger charge is -2.18. The number of ether oxygens (including phenoxy) is 1. The van der Waals surface area contributed by atoms with E-state index >= 15 is 0 Å². The van der Waals surface area contributed by atoms with Crippen molar-refractivity contribution < 1.29 is 9.13 Å². The number of hydrogen-bond acceptors (Lipinski definition) is 2. The SMILES string of the molecule is CCc1ccc(F)c(-c2nc(C)c3n2CCOC3)c1. The number of imidazole rings is 1. The van der Waals surface area contributed by atoms with Crippen LogP contribution in [0.15, 0.2) is 18.2 Å². The lowest BCUT2D eigenvalue weighted by molar-refractivity contribution is 0.0850. The van der Waals surface area contributed by atoms with Crippen LogP contribution in [0.3, 0.4) is 0 Å². The molecular weight excluding hydrogens is 243 g/mol. The molecule has 0 unspecified atom stereocenters. The van der Waals surface area contributed by atoms with Crippen molar-refractivity contribution in [2.24, 2.45) is 0 Å². The standard InChI is InChI=1S/C15H17FN2O/c1-3-11-4-5-13(16)12(8-11)15-17-10(2)14-9-19-7-6-18(14)15/h4-5,8H,3,6-7,9H2,1-2H3. The van der Waals surface area contributed by atoms with E-state index in [0.29, 0.717) is 18.8 Å². The van der Waals surface area contributed by atoms with Crippen molar-refractivity contribution in [1.29, 1.82) is 0 Å². The van der Waals surface area contributed by atoms with E-state index in [1.165, 1.54) is 6.07 Å². The highest BCUT2D eigenvalue weighted by atomic mass is 19.1. The normalized spacial score (nSPS) is 14.5. The van der Waals surface area contributed by atoms with Crippen LogP contribution >= 0.6 is 0 Å². The highest BCUT2D eigenvalue weighted by molar-refractivity contribution is 5.59. The van der Waals surface area contributed by atoms with Gasteiger partial charge in [-0.15, -0.1) is 0 Å². The van der Waals surface area contributed by atoms with E-state index in [-0.39, 0.29) is 5.82 Å². The maximum absolute atomic E-state index is 14.1. The van der Waals surface area contributed by atoms with Crippen molar-refractivity contribution in [2.45, 2.75) is 33.4 Å². The molecule has 1 aliphatic heterocycles. The van der Waals surface area contributed by atoms with E-state index in [2.05, 4.69) is 16.5 Å². The van der Waals surface area contributed by atoms with Gasteiger partial charge in [0.05, 0.1) is 30.2 Å². The second-order valence-electron chi connectivity index (χ2n) is 4.84. The molecule has 0 spiro atoms.